The lowest BCUT2D eigenvalue weighted by Gasteiger charge is -2.15. The Balaban J connectivity index is 2.08. The molecular weight excluding hydrogens is 320 g/mol. The first-order valence-electron chi connectivity index (χ1n) is 6.85. The molecule has 1 atom stereocenters. The molecule has 0 aliphatic carbocycles. The molecule has 1 N–H and O–H groups in total. The molecular formula is C16H15ClN2O4. The zero-order valence-electron chi connectivity index (χ0n) is 12.6. The average Bonchev–Trinajstić information content (AvgIpc) is 2.51. The lowest BCUT2D eigenvalue weighted by Crippen LogP contribution is -2.30. The molecule has 0 spiro atoms. The van der Waals surface area contributed by atoms with Gasteiger partial charge in [0.2, 0.25) is 0 Å². The number of rotatable bonds is 5. The van der Waals surface area contributed by atoms with E-state index in [0.29, 0.717) is 22.0 Å². The highest BCUT2D eigenvalue weighted by molar-refractivity contribution is 6.30. The Morgan fingerprint density at radius 3 is 2.52 bits per heavy atom. The van der Waals surface area contributed by atoms with Crippen LogP contribution in [0.15, 0.2) is 42.5 Å². The summed E-state index contributed by atoms with van der Waals surface area (Å²) in [6.07, 6.45) is -0.769. The maximum absolute atomic E-state index is 12.2. The Morgan fingerprint density at radius 2 is 1.91 bits per heavy atom. The molecule has 0 unspecified atom stereocenters. The molecule has 0 aliphatic rings. The Bertz CT molecular complexity index is 731. The number of nitro benzene ring substituents is 1. The number of benzene rings is 2. The zero-order chi connectivity index (χ0) is 17.0. The first-order chi connectivity index (χ1) is 10.9. The molecule has 2 aromatic carbocycles. The van der Waals surface area contributed by atoms with Gasteiger partial charge < -0.3 is 10.1 Å². The number of carbonyl (C=O) groups excluding carboxylic acids is 1. The quantitative estimate of drug-likeness (QED) is 0.662. The summed E-state index contributed by atoms with van der Waals surface area (Å²) in [6, 6.07) is 11.1. The number of nitrogens with zero attached hydrogens (tertiary/aromatic N) is 1. The predicted molar refractivity (Wildman–Crippen MR) is 88.0 cm³/mol. The van der Waals surface area contributed by atoms with Crippen LogP contribution in [0.1, 0.15) is 12.5 Å². The average molecular weight is 335 g/mol. The Kier molecular flexibility index (Phi) is 5.18. The Labute approximate surface area is 138 Å². The van der Waals surface area contributed by atoms with E-state index in [1.54, 1.807) is 44.2 Å². The van der Waals surface area contributed by atoms with E-state index < -0.39 is 16.9 Å². The molecule has 0 aliphatic heterocycles. The normalized spacial score (nSPS) is 11.6. The van der Waals surface area contributed by atoms with E-state index in [1.165, 1.54) is 12.1 Å². The van der Waals surface area contributed by atoms with Gasteiger partial charge in [0.05, 0.1) is 16.2 Å². The number of halogens is 1. The van der Waals surface area contributed by atoms with Crippen molar-refractivity contribution < 1.29 is 14.5 Å². The van der Waals surface area contributed by atoms with Gasteiger partial charge in [-0.25, -0.2) is 0 Å². The lowest BCUT2D eigenvalue weighted by molar-refractivity contribution is -0.385. The highest BCUT2D eigenvalue weighted by Gasteiger charge is 2.19. The van der Waals surface area contributed by atoms with E-state index in [0.717, 1.165) is 0 Å². The number of carbonyl (C=O) groups is 1. The van der Waals surface area contributed by atoms with Gasteiger partial charge in [0, 0.05) is 11.1 Å². The van der Waals surface area contributed by atoms with Crippen LogP contribution in [0.2, 0.25) is 5.02 Å². The summed E-state index contributed by atoms with van der Waals surface area (Å²) in [7, 11) is 0. The fourth-order valence-electron chi connectivity index (χ4n) is 1.96. The Morgan fingerprint density at radius 1 is 1.26 bits per heavy atom. The molecule has 120 valence electrons. The molecule has 2 aromatic rings. The number of hydrogen-bond donors (Lipinski definition) is 1. The van der Waals surface area contributed by atoms with Crippen LogP contribution in [0.5, 0.6) is 5.75 Å². The summed E-state index contributed by atoms with van der Waals surface area (Å²) in [4.78, 5) is 22.6. The van der Waals surface area contributed by atoms with E-state index in [1.807, 2.05) is 0 Å². The van der Waals surface area contributed by atoms with Crippen LogP contribution < -0.4 is 10.1 Å². The fraction of sp³-hybridized carbons (Fsp3) is 0.188. The summed E-state index contributed by atoms with van der Waals surface area (Å²) >= 11 is 5.79. The monoisotopic (exact) mass is 334 g/mol. The highest BCUT2D eigenvalue weighted by Crippen LogP contribution is 2.25. The smallest absolute Gasteiger partial charge is 0.274 e. The van der Waals surface area contributed by atoms with Crippen molar-refractivity contribution in [3.63, 3.8) is 0 Å². The Hall–Kier alpha value is -2.60. The molecule has 6 nitrogen and oxygen atoms in total. The number of amides is 1. The second kappa shape index (κ2) is 7.11. The standard InChI is InChI=1S/C16H15ClN2O4/c1-10-14(4-3-5-15(10)19(21)22)18-16(20)11(2)23-13-8-6-12(17)7-9-13/h3-9,11H,1-2H3,(H,18,20)/t11-/m0/s1. The summed E-state index contributed by atoms with van der Waals surface area (Å²) in [5.74, 6) is 0.108. The first kappa shape index (κ1) is 16.8. The van der Waals surface area contributed by atoms with Crippen molar-refractivity contribution in [2.45, 2.75) is 20.0 Å². The minimum absolute atomic E-state index is 0.0472. The lowest BCUT2D eigenvalue weighted by atomic mass is 10.1. The summed E-state index contributed by atoms with van der Waals surface area (Å²) in [5.41, 5.74) is 0.731. The van der Waals surface area contributed by atoms with E-state index in [2.05, 4.69) is 5.32 Å². The zero-order valence-corrected chi connectivity index (χ0v) is 13.3. The molecule has 0 aromatic heterocycles. The molecule has 7 heteroatoms. The van der Waals surface area contributed by atoms with Gasteiger partial charge in [0.15, 0.2) is 6.10 Å². The number of anilines is 1. The summed E-state index contributed by atoms with van der Waals surface area (Å²) in [5, 5.41) is 14.1. The molecule has 0 saturated heterocycles. The molecule has 0 heterocycles. The van der Waals surface area contributed by atoms with Gasteiger partial charge >= 0.3 is 0 Å². The van der Waals surface area contributed by atoms with Gasteiger partial charge in [0.1, 0.15) is 5.75 Å². The highest BCUT2D eigenvalue weighted by atomic mass is 35.5. The minimum Gasteiger partial charge on any atom is -0.481 e. The topological polar surface area (TPSA) is 81.5 Å². The van der Waals surface area contributed by atoms with Crippen molar-refractivity contribution in [1.29, 1.82) is 0 Å². The van der Waals surface area contributed by atoms with Crippen LogP contribution in [0.25, 0.3) is 0 Å². The van der Waals surface area contributed by atoms with Crippen LogP contribution >= 0.6 is 11.6 Å². The van der Waals surface area contributed by atoms with Gasteiger partial charge in [-0.2, -0.15) is 0 Å². The summed E-state index contributed by atoms with van der Waals surface area (Å²) in [6.45, 7) is 3.18. The van der Waals surface area contributed by atoms with E-state index in [4.69, 9.17) is 16.3 Å². The third-order valence-electron chi connectivity index (χ3n) is 3.26. The van der Waals surface area contributed by atoms with Crippen LogP contribution in [-0.2, 0) is 4.79 Å². The van der Waals surface area contributed by atoms with Crippen LogP contribution in [-0.4, -0.2) is 16.9 Å². The second-order valence-corrected chi connectivity index (χ2v) is 5.35. The fourth-order valence-corrected chi connectivity index (χ4v) is 2.09. The van der Waals surface area contributed by atoms with Crippen molar-refractivity contribution in [2.75, 3.05) is 5.32 Å². The van der Waals surface area contributed by atoms with E-state index in [-0.39, 0.29) is 5.69 Å². The van der Waals surface area contributed by atoms with E-state index >= 15 is 0 Å². The number of nitrogens with one attached hydrogen (secondary N) is 1. The first-order valence-corrected chi connectivity index (χ1v) is 7.23. The van der Waals surface area contributed by atoms with Crippen LogP contribution in [0, 0.1) is 17.0 Å². The van der Waals surface area contributed by atoms with Crippen LogP contribution in [0.3, 0.4) is 0 Å². The number of nitro groups is 1. The third-order valence-corrected chi connectivity index (χ3v) is 3.51. The van der Waals surface area contributed by atoms with E-state index in [9.17, 15) is 14.9 Å². The molecule has 2 rings (SSSR count). The maximum atomic E-state index is 12.2. The summed E-state index contributed by atoms with van der Waals surface area (Å²) < 4.78 is 5.52. The van der Waals surface area contributed by atoms with Crippen LogP contribution in [0.4, 0.5) is 11.4 Å². The second-order valence-electron chi connectivity index (χ2n) is 4.91. The van der Waals surface area contributed by atoms with Gasteiger partial charge in [0.25, 0.3) is 11.6 Å². The van der Waals surface area contributed by atoms with Gasteiger partial charge in [-0.05, 0) is 44.2 Å². The molecule has 0 radical (unpaired) electrons. The van der Waals surface area contributed by atoms with Crippen molar-refractivity contribution in [3.05, 3.63) is 63.2 Å². The molecule has 23 heavy (non-hydrogen) atoms. The number of ether oxygens (including phenoxy) is 1. The van der Waals surface area contributed by atoms with Crippen molar-refractivity contribution in [2.24, 2.45) is 0 Å². The largest absolute Gasteiger partial charge is 0.481 e. The molecule has 0 saturated carbocycles. The van der Waals surface area contributed by atoms with Gasteiger partial charge in [-0.1, -0.05) is 17.7 Å². The van der Waals surface area contributed by atoms with Gasteiger partial charge in [-0.3, -0.25) is 14.9 Å². The maximum Gasteiger partial charge on any atom is 0.274 e. The van der Waals surface area contributed by atoms with Crippen molar-refractivity contribution in [1.82, 2.24) is 0 Å². The van der Waals surface area contributed by atoms with Crippen molar-refractivity contribution >= 4 is 28.9 Å². The van der Waals surface area contributed by atoms with Gasteiger partial charge in [-0.15, -0.1) is 0 Å². The molecule has 0 bridgehead atoms. The molecule has 0 fully saturated rings. The SMILES string of the molecule is Cc1c(NC(=O)[C@H](C)Oc2ccc(Cl)cc2)cccc1[N+](=O)[O-]. The predicted octanol–water partition coefficient (Wildman–Crippen LogP) is 3.96. The number of hydrogen-bond acceptors (Lipinski definition) is 4. The third kappa shape index (κ3) is 4.20. The van der Waals surface area contributed by atoms with Crippen molar-refractivity contribution in [3.8, 4) is 5.75 Å². The molecule has 1 amide bonds. The minimum atomic E-state index is -0.769.